The number of benzene rings is 1. The van der Waals surface area contributed by atoms with Crippen molar-refractivity contribution in [3.63, 3.8) is 0 Å². The number of hydrogen-bond donors (Lipinski definition) is 3. The minimum Gasteiger partial charge on any atom is -0.398 e. The van der Waals surface area contributed by atoms with E-state index < -0.39 is 0 Å². The lowest BCUT2D eigenvalue weighted by Gasteiger charge is -2.38. The fraction of sp³-hybridized carbons (Fsp3) is 0.588. The lowest BCUT2D eigenvalue weighted by molar-refractivity contribution is -0.122. The molecular formula is C17H28N4O2. The number of nitrogens with two attached hydrogens (primary N) is 1. The molecule has 6 heteroatoms. The molecule has 23 heavy (non-hydrogen) atoms. The van der Waals surface area contributed by atoms with Gasteiger partial charge in [-0.15, -0.1) is 0 Å². The van der Waals surface area contributed by atoms with E-state index in [0.29, 0.717) is 12.2 Å². The van der Waals surface area contributed by atoms with E-state index in [2.05, 4.69) is 15.1 Å². The normalized spacial score (nSPS) is 17.9. The summed E-state index contributed by atoms with van der Waals surface area (Å²) in [5, 5.41) is 12.0. The maximum atomic E-state index is 12.6. The molecule has 1 saturated heterocycles. The first-order valence-corrected chi connectivity index (χ1v) is 8.29. The van der Waals surface area contributed by atoms with Crippen LogP contribution in [0.3, 0.4) is 0 Å². The number of nitrogen functional groups attached to an aromatic ring is 1. The van der Waals surface area contributed by atoms with Gasteiger partial charge in [0, 0.05) is 44.1 Å². The topological polar surface area (TPSA) is 81.8 Å². The Hall–Kier alpha value is -1.63. The number of amides is 1. The molecule has 1 aliphatic rings. The average Bonchev–Trinajstić information content (AvgIpc) is 2.53. The van der Waals surface area contributed by atoms with Gasteiger partial charge in [0.05, 0.1) is 12.6 Å². The highest BCUT2D eigenvalue weighted by atomic mass is 16.3. The lowest BCUT2D eigenvalue weighted by atomic mass is 10.1. The van der Waals surface area contributed by atoms with Gasteiger partial charge >= 0.3 is 0 Å². The first-order chi connectivity index (χ1) is 11.0. The van der Waals surface area contributed by atoms with Crippen LogP contribution in [0.4, 0.5) is 11.4 Å². The number of aliphatic hydroxyl groups excluding tert-OH is 1. The van der Waals surface area contributed by atoms with Gasteiger partial charge in [0.25, 0.3) is 0 Å². The fourth-order valence-corrected chi connectivity index (χ4v) is 2.99. The zero-order chi connectivity index (χ0) is 16.8. The molecule has 0 spiro atoms. The van der Waals surface area contributed by atoms with Crippen LogP contribution in [-0.4, -0.2) is 66.2 Å². The van der Waals surface area contributed by atoms with Crippen molar-refractivity contribution in [1.82, 2.24) is 9.80 Å². The molecule has 0 radical (unpaired) electrons. The van der Waals surface area contributed by atoms with Gasteiger partial charge in [0.15, 0.2) is 0 Å². The van der Waals surface area contributed by atoms with E-state index in [1.54, 1.807) is 6.07 Å². The maximum absolute atomic E-state index is 12.6. The number of rotatable bonds is 6. The number of hydrogen-bond acceptors (Lipinski definition) is 5. The third-order valence-corrected chi connectivity index (χ3v) is 4.50. The maximum Gasteiger partial charge on any atom is 0.241 e. The van der Waals surface area contributed by atoms with E-state index >= 15 is 0 Å². The summed E-state index contributed by atoms with van der Waals surface area (Å²) in [5.74, 6) is 0.0198. The van der Waals surface area contributed by atoms with Gasteiger partial charge in [-0.25, -0.2) is 0 Å². The van der Waals surface area contributed by atoms with Crippen molar-refractivity contribution in [2.24, 2.45) is 0 Å². The minimum atomic E-state index is -0.131. The van der Waals surface area contributed by atoms with Crippen LogP contribution in [0.2, 0.25) is 0 Å². The molecule has 1 aromatic carbocycles. The summed E-state index contributed by atoms with van der Waals surface area (Å²) in [7, 11) is 0. The van der Waals surface area contributed by atoms with Crippen molar-refractivity contribution >= 4 is 17.3 Å². The van der Waals surface area contributed by atoms with Gasteiger partial charge in [-0.1, -0.05) is 13.0 Å². The van der Waals surface area contributed by atoms with Gasteiger partial charge in [-0.05, 0) is 31.0 Å². The molecule has 1 atom stereocenters. The Morgan fingerprint density at radius 2 is 2.04 bits per heavy atom. The van der Waals surface area contributed by atoms with Gasteiger partial charge in [0.2, 0.25) is 5.91 Å². The molecule has 4 N–H and O–H groups in total. The van der Waals surface area contributed by atoms with E-state index in [1.807, 2.05) is 26.0 Å². The van der Waals surface area contributed by atoms with Crippen LogP contribution in [0.25, 0.3) is 0 Å². The number of β-amino-alcohol motifs (C(OH)–C–C–N with tert-alkyl or cyclic N) is 1. The molecule has 1 unspecified atom stereocenters. The van der Waals surface area contributed by atoms with Crippen LogP contribution < -0.4 is 11.1 Å². The summed E-state index contributed by atoms with van der Waals surface area (Å²) < 4.78 is 0. The van der Waals surface area contributed by atoms with E-state index in [1.165, 1.54) is 0 Å². The zero-order valence-electron chi connectivity index (χ0n) is 14.1. The van der Waals surface area contributed by atoms with Crippen molar-refractivity contribution < 1.29 is 9.90 Å². The summed E-state index contributed by atoms with van der Waals surface area (Å²) >= 11 is 0. The third kappa shape index (κ3) is 4.67. The fourth-order valence-electron chi connectivity index (χ4n) is 2.99. The molecule has 0 saturated carbocycles. The van der Waals surface area contributed by atoms with Crippen molar-refractivity contribution in [3.8, 4) is 0 Å². The smallest absolute Gasteiger partial charge is 0.241 e. The number of nitrogens with zero attached hydrogens (tertiary/aromatic N) is 2. The Balaban J connectivity index is 1.94. The molecule has 2 rings (SSSR count). The number of aryl methyl sites for hydroxylation is 1. The second-order valence-electron chi connectivity index (χ2n) is 6.09. The summed E-state index contributed by atoms with van der Waals surface area (Å²) in [6.07, 6.45) is 0.771. The molecule has 1 fully saturated rings. The first-order valence-electron chi connectivity index (χ1n) is 8.29. The molecule has 0 aromatic heterocycles. The Morgan fingerprint density at radius 3 is 2.61 bits per heavy atom. The highest BCUT2D eigenvalue weighted by Gasteiger charge is 2.27. The second kappa shape index (κ2) is 8.29. The minimum absolute atomic E-state index is 0.0198. The van der Waals surface area contributed by atoms with E-state index in [9.17, 15) is 4.79 Å². The first kappa shape index (κ1) is 17.7. The lowest BCUT2D eigenvalue weighted by Crippen LogP contribution is -2.53. The van der Waals surface area contributed by atoms with Crippen molar-refractivity contribution in [2.45, 2.75) is 26.3 Å². The molecule has 0 aliphatic carbocycles. The van der Waals surface area contributed by atoms with Gasteiger partial charge < -0.3 is 16.2 Å². The molecule has 128 valence electrons. The average molecular weight is 320 g/mol. The van der Waals surface area contributed by atoms with E-state index in [-0.39, 0.29) is 18.6 Å². The number of piperazine rings is 1. The molecule has 0 bridgehead atoms. The molecule has 1 heterocycles. The quantitative estimate of drug-likeness (QED) is 0.679. The zero-order valence-corrected chi connectivity index (χ0v) is 14.1. The largest absolute Gasteiger partial charge is 0.398 e. The van der Waals surface area contributed by atoms with Crippen molar-refractivity contribution in [1.29, 1.82) is 0 Å². The van der Waals surface area contributed by atoms with Crippen LogP contribution in [0.15, 0.2) is 18.2 Å². The second-order valence-corrected chi connectivity index (χ2v) is 6.09. The molecule has 6 nitrogen and oxygen atoms in total. The summed E-state index contributed by atoms with van der Waals surface area (Å²) in [5.41, 5.74) is 8.35. The van der Waals surface area contributed by atoms with Gasteiger partial charge in [-0.2, -0.15) is 0 Å². The van der Waals surface area contributed by atoms with E-state index in [0.717, 1.165) is 43.9 Å². The molecule has 1 aromatic rings. The highest BCUT2D eigenvalue weighted by Crippen LogP contribution is 2.18. The predicted octanol–water partition coefficient (Wildman–Crippen LogP) is 0.904. The molecule has 1 aliphatic heterocycles. The Labute approximate surface area is 138 Å². The number of nitrogens with one attached hydrogen (secondary N) is 1. The SMILES string of the molecule is CCC(C(=O)Nc1ccc(C)c(N)c1)N1CCN(CCO)CC1. The molecule has 1 amide bonds. The third-order valence-electron chi connectivity index (χ3n) is 4.50. The predicted molar refractivity (Wildman–Crippen MR) is 93.4 cm³/mol. The Morgan fingerprint density at radius 1 is 1.35 bits per heavy atom. The Kier molecular flexibility index (Phi) is 6.38. The number of carbonyl (C=O) groups excluding carboxylic acids is 1. The molecular weight excluding hydrogens is 292 g/mol. The van der Waals surface area contributed by atoms with Crippen LogP contribution in [-0.2, 0) is 4.79 Å². The summed E-state index contributed by atoms with van der Waals surface area (Å²) in [6, 6.07) is 5.47. The van der Waals surface area contributed by atoms with Crippen LogP contribution in [0.1, 0.15) is 18.9 Å². The van der Waals surface area contributed by atoms with E-state index in [4.69, 9.17) is 10.8 Å². The summed E-state index contributed by atoms with van der Waals surface area (Å²) in [6.45, 7) is 8.36. The standard InChI is InChI=1S/C17H28N4O2/c1-3-16(21-8-6-20(7-9-21)10-11-22)17(23)19-14-5-4-13(2)15(18)12-14/h4-5,12,16,22H,3,6-11,18H2,1-2H3,(H,19,23). The Bertz CT molecular complexity index is 527. The number of anilines is 2. The van der Waals surface area contributed by atoms with Gasteiger partial charge in [0.1, 0.15) is 0 Å². The van der Waals surface area contributed by atoms with Crippen LogP contribution >= 0.6 is 0 Å². The van der Waals surface area contributed by atoms with Gasteiger partial charge in [-0.3, -0.25) is 14.6 Å². The highest BCUT2D eigenvalue weighted by molar-refractivity contribution is 5.95. The van der Waals surface area contributed by atoms with Crippen LogP contribution in [0.5, 0.6) is 0 Å². The van der Waals surface area contributed by atoms with Crippen LogP contribution in [0, 0.1) is 6.92 Å². The number of carbonyl (C=O) groups is 1. The summed E-state index contributed by atoms with van der Waals surface area (Å²) in [4.78, 5) is 17.0. The van der Waals surface area contributed by atoms with Crippen molar-refractivity contribution in [3.05, 3.63) is 23.8 Å². The monoisotopic (exact) mass is 320 g/mol. The number of aliphatic hydroxyl groups is 1. The van der Waals surface area contributed by atoms with Crippen molar-refractivity contribution in [2.75, 3.05) is 50.4 Å².